The van der Waals surface area contributed by atoms with Gasteiger partial charge in [0.1, 0.15) is 0 Å². The van der Waals surface area contributed by atoms with Gasteiger partial charge in [-0.25, -0.2) is 4.79 Å². The van der Waals surface area contributed by atoms with Gasteiger partial charge in [-0.2, -0.15) is 0 Å². The third-order valence-electron chi connectivity index (χ3n) is 2.99. The molecule has 4 heteroatoms. The quantitative estimate of drug-likeness (QED) is 0.736. The molecule has 1 fully saturated rings. The van der Waals surface area contributed by atoms with Crippen LogP contribution in [-0.2, 0) is 5.54 Å². The number of nitrogens with one attached hydrogen (secondary N) is 2. The van der Waals surface area contributed by atoms with Crippen LogP contribution < -0.4 is 10.6 Å². The minimum atomic E-state index is -0.521. The summed E-state index contributed by atoms with van der Waals surface area (Å²) < 4.78 is 0. The molecular formula is C13H18N2O2. The second-order valence-electron chi connectivity index (χ2n) is 4.63. The highest BCUT2D eigenvalue weighted by Crippen LogP contribution is 2.45. The van der Waals surface area contributed by atoms with E-state index < -0.39 is 6.10 Å². The topological polar surface area (TPSA) is 61.4 Å². The van der Waals surface area contributed by atoms with Crippen molar-refractivity contribution in [1.29, 1.82) is 0 Å². The highest BCUT2D eigenvalue weighted by atomic mass is 16.3. The lowest BCUT2D eigenvalue weighted by molar-refractivity contribution is 0.186. The molecule has 0 aliphatic heterocycles. The van der Waals surface area contributed by atoms with Crippen LogP contribution in [0, 0.1) is 0 Å². The summed E-state index contributed by atoms with van der Waals surface area (Å²) in [5.74, 6) is 0. The molecule has 1 aromatic carbocycles. The van der Waals surface area contributed by atoms with Crippen LogP contribution in [0.3, 0.4) is 0 Å². The maximum atomic E-state index is 11.6. The molecular weight excluding hydrogens is 216 g/mol. The Hall–Kier alpha value is -1.55. The molecule has 92 valence electrons. The normalized spacial score (nSPS) is 18.2. The van der Waals surface area contributed by atoms with Gasteiger partial charge in [-0.3, -0.25) is 0 Å². The molecule has 1 atom stereocenters. The van der Waals surface area contributed by atoms with Crippen molar-refractivity contribution in [2.24, 2.45) is 0 Å². The fourth-order valence-electron chi connectivity index (χ4n) is 1.87. The fourth-order valence-corrected chi connectivity index (χ4v) is 1.87. The highest BCUT2D eigenvalue weighted by Gasteiger charge is 2.45. The Labute approximate surface area is 101 Å². The van der Waals surface area contributed by atoms with Crippen molar-refractivity contribution in [3.8, 4) is 0 Å². The largest absolute Gasteiger partial charge is 0.392 e. The van der Waals surface area contributed by atoms with Crippen molar-refractivity contribution in [2.75, 3.05) is 6.54 Å². The van der Waals surface area contributed by atoms with Crippen LogP contribution >= 0.6 is 0 Å². The van der Waals surface area contributed by atoms with Gasteiger partial charge in [0, 0.05) is 6.54 Å². The zero-order valence-corrected chi connectivity index (χ0v) is 9.94. The second kappa shape index (κ2) is 4.75. The van der Waals surface area contributed by atoms with E-state index in [1.54, 1.807) is 6.92 Å². The molecule has 2 amide bonds. The molecule has 0 saturated heterocycles. The summed E-state index contributed by atoms with van der Waals surface area (Å²) in [6, 6.07) is 9.76. The van der Waals surface area contributed by atoms with E-state index in [1.165, 1.54) is 0 Å². The van der Waals surface area contributed by atoms with Crippen molar-refractivity contribution in [3.05, 3.63) is 35.9 Å². The van der Waals surface area contributed by atoms with E-state index >= 15 is 0 Å². The summed E-state index contributed by atoms with van der Waals surface area (Å²) in [6.45, 7) is 1.92. The maximum absolute atomic E-state index is 11.6. The van der Waals surface area contributed by atoms with E-state index in [4.69, 9.17) is 5.11 Å². The molecule has 0 aromatic heterocycles. The average molecular weight is 234 g/mol. The summed E-state index contributed by atoms with van der Waals surface area (Å²) in [5.41, 5.74) is 0.955. The fraction of sp³-hybridized carbons (Fsp3) is 0.462. The molecule has 0 heterocycles. The molecule has 1 aliphatic rings. The number of benzene rings is 1. The summed E-state index contributed by atoms with van der Waals surface area (Å²) in [7, 11) is 0. The third-order valence-corrected chi connectivity index (χ3v) is 2.99. The summed E-state index contributed by atoms with van der Waals surface area (Å²) >= 11 is 0. The zero-order valence-electron chi connectivity index (χ0n) is 9.94. The van der Waals surface area contributed by atoms with Crippen LogP contribution in [0.25, 0.3) is 0 Å². The van der Waals surface area contributed by atoms with Gasteiger partial charge in [0.2, 0.25) is 0 Å². The van der Waals surface area contributed by atoms with E-state index in [-0.39, 0.29) is 18.1 Å². The first-order chi connectivity index (χ1) is 8.12. The number of hydrogen-bond donors (Lipinski definition) is 3. The Morgan fingerprint density at radius 3 is 2.59 bits per heavy atom. The molecule has 0 radical (unpaired) electrons. The van der Waals surface area contributed by atoms with Gasteiger partial charge < -0.3 is 15.7 Å². The average Bonchev–Trinajstić information content (AvgIpc) is 3.09. The van der Waals surface area contributed by atoms with Crippen molar-refractivity contribution in [3.63, 3.8) is 0 Å². The van der Waals surface area contributed by atoms with Crippen molar-refractivity contribution >= 4 is 6.03 Å². The first kappa shape index (κ1) is 11.9. The van der Waals surface area contributed by atoms with Crippen LogP contribution in [0.5, 0.6) is 0 Å². The van der Waals surface area contributed by atoms with Gasteiger partial charge in [-0.1, -0.05) is 30.3 Å². The Morgan fingerprint density at radius 1 is 1.41 bits per heavy atom. The van der Waals surface area contributed by atoms with Crippen molar-refractivity contribution < 1.29 is 9.90 Å². The second-order valence-corrected chi connectivity index (χ2v) is 4.63. The number of carbonyl (C=O) groups excluding carboxylic acids is 1. The Balaban J connectivity index is 1.93. The molecule has 0 spiro atoms. The predicted molar refractivity (Wildman–Crippen MR) is 65.6 cm³/mol. The molecule has 1 aliphatic carbocycles. The van der Waals surface area contributed by atoms with E-state index in [0.29, 0.717) is 0 Å². The Bertz CT molecular complexity index is 386. The number of carbonyl (C=O) groups is 1. The molecule has 1 unspecified atom stereocenters. The Morgan fingerprint density at radius 2 is 2.06 bits per heavy atom. The van der Waals surface area contributed by atoms with Crippen LogP contribution in [-0.4, -0.2) is 23.8 Å². The van der Waals surface area contributed by atoms with Gasteiger partial charge >= 0.3 is 6.03 Å². The summed E-state index contributed by atoms with van der Waals surface area (Å²) in [6.07, 6.45) is 1.42. The molecule has 3 N–H and O–H groups in total. The lowest BCUT2D eigenvalue weighted by atomic mass is 10.1. The first-order valence-electron chi connectivity index (χ1n) is 5.92. The number of urea groups is 1. The first-order valence-corrected chi connectivity index (χ1v) is 5.92. The van der Waals surface area contributed by atoms with E-state index in [0.717, 1.165) is 18.4 Å². The van der Waals surface area contributed by atoms with Crippen molar-refractivity contribution in [1.82, 2.24) is 10.6 Å². The number of amides is 2. The number of hydrogen-bond acceptors (Lipinski definition) is 2. The SMILES string of the molecule is CC(O)CNC(=O)NC1(c2ccccc2)CC1. The molecule has 17 heavy (non-hydrogen) atoms. The lowest BCUT2D eigenvalue weighted by Crippen LogP contribution is -2.44. The standard InChI is InChI=1S/C13H18N2O2/c1-10(16)9-14-12(17)15-13(7-8-13)11-5-3-2-4-6-11/h2-6,10,16H,7-9H2,1H3,(H2,14,15,17). The molecule has 1 saturated carbocycles. The van der Waals surface area contributed by atoms with Gasteiger partial charge in [0.25, 0.3) is 0 Å². The van der Waals surface area contributed by atoms with Crippen LogP contribution in [0.15, 0.2) is 30.3 Å². The van der Waals surface area contributed by atoms with Crippen LogP contribution in [0.2, 0.25) is 0 Å². The number of rotatable bonds is 4. The predicted octanol–water partition coefficient (Wildman–Crippen LogP) is 1.36. The lowest BCUT2D eigenvalue weighted by Gasteiger charge is -2.18. The third kappa shape index (κ3) is 2.97. The van der Waals surface area contributed by atoms with Crippen molar-refractivity contribution in [2.45, 2.75) is 31.4 Å². The van der Waals surface area contributed by atoms with Crippen LogP contribution in [0.4, 0.5) is 4.79 Å². The van der Waals surface area contributed by atoms with Gasteiger partial charge in [0.05, 0.1) is 11.6 Å². The van der Waals surface area contributed by atoms with Gasteiger partial charge in [-0.15, -0.1) is 0 Å². The van der Waals surface area contributed by atoms with Gasteiger partial charge in [-0.05, 0) is 25.3 Å². The summed E-state index contributed by atoms with van der Waals surface area (Å²) in [5, 5.41) is 14.7. The highest BCUT2D eigenvalue weighted by molar-refractivity contribution is 5.75. The maximum Gasteiger partial charge on any atom is 0.315 e. The van der Waals surface area contributed by atoms with Crippen LogP contribution in [0.1, 0.15) is 25.3 Å². The smallest absolute Gasteiger partial charge is 0.315 e. The minimum absolute atomic E-state index is 0.190. The molecule has 1 aromatic rings. The Kier molecular flexibility index (Phi) is 3.33. The van der Waals surface area contributed by atoms with E-state index in [2.05, 4.69) is 10.6 Å². The number of aliphatic hydroxyl groups excluding tert-OH is 1. The van der Waals surface area contributed by atoms with E-state index in [1.807, 2.05) is 30.3 Å². The minimum Gasteiger partial charge on any atom is -0.392 e. The van der Waals surface area contributed by atoms with E-state index in [9.17, 15) is 4.79 Å². The molecule has 4 nitrogen and oxygen atoms in total. The monoisotopic (exact) mass is 234 g/mol. The molecule has 2 rings (SSSR count). The van der Waals surface area contributed by atoms with Gasteiger partial charge in [0.15, 0.2) is 0 Å². The number of aliphatic hydroxyl groups is 1. The summed E-state index contributed by atoms with van der Waals surface area (Å²) in [4.78, 5) is 11.6. The zero-order chi connectivity index (χ0) is 12.3. The molecule has 0 bridgehead atoms.